The molecule has 1 fully saturated rings. The molecule has 1 aromatic carbocycles. The van der Waals surface area contributed by atoms with Gasteiger partial charge in [0.15, 0.2) is 0 Å². The fourth-order valence-corrected chi connectivity index (χ4v) is 3.97. The van der Waals surface area contributed by atoms with E-state index in [0.717, 1.165) is 56.2 Å². The molecule has 1 aliphatic rings. The number of aryl methyl sites for hydroxylation is 1. The first-order valence-electron chi connectivity index (χ1n) is 9.17. The van der Waals surface area contributed by atoms with Crippen LogP contribution >= 0.6 is 0 Å². The van der Waals surface area contributed by atoms with Gasteiger partial charge < -0.3 is 4.74 Å². The molecule has 0 saturated heterocycles. The Kier molecular flexibility index (Phi) is 7.63. The van der Waals surface area contributed by atoms with Gasteiger partial charge in [0.1, 0.15) is 0 Å². The van der Waals surface area contributed by atoms with Crippen molar-refractivity contribution < 1.29 is 17.9 Å². The first-order valence-corrected chi connectivity index (χ1v) is 10.6. The second-order valence-corrected chi connectivity index (χ2v) is 8.45. The van der Waals surface area contributed by atoms with Gasteiger partial charge in [-0.3, -0.25) is 4.79 Å². The van der Waals surface area contributed by atoms with Crippen molar-refractivity contribution in [3.63, 3.8) is 0 Å². The maximum Gasteiger partial charge on any atom is 0.302 e. The predicted molar refractivity (Wildman–Crippen MR) is 101 cm³/mol. The summed E-state index contributed by atoms with van der Waals surface area (Å²) in [5, 5.41) is 4.28. The standard InChI is InChI=1S/C19H28N2O4S/c1-15-10-12-18(13-11-15)26(23,24)21-20-19-9-5-3-4-7-17(19)8-6-14-25-16(2)22/h10-13,17,21H,3-9,14H2,1-2H3/b20-19-. The minimum atomic E-state index is -3.66. The molecule has 1 saturated carbocycles. The third-order valence-electron chi connectivity index (χ3n) is 4.60. The van der Waals surface area contributed by atoms with E-state index in [9.17, 15) is 13.2 Å². The van der Waals surface area contributed by atoms with Gasteiger partial charge in [-0.15, -0.1) is 0 Å². The van der Waals surface area contributed by atoms with Crippen molar-refractivity contribution in [3.8, 4) is 0 Å². The zero-order valence-corrected chi connectivity index (χ0v) is 16.3. The number of benzene rings is 1. The van der Waals surface area contributed by atoms with Crippen LogP contribution < -0.4 is 4.83 Å². The summed E-state index contributed by atoms with van der Waals surface area (Å²) in [6, 6.07) is 6.71. The van der Waals surface area contributed by atoms with Gasteiger partial charge in [-0.2, -0.15) is 13.5 Å². The molecule has 1 aliphatic carbocycles. The minimum absolute atomic E-state index is 0.215. The number of carbonyl (C=O) groups excluding carboxylic acids is 1. The topological polar surface area (TPSA) is 84.8 Å². The number of sulfonamides is 1. The Morgan fingerprint density at radius 3 is 2.65 bits per heavy atom. The number of rotatable bonds is 7. The van der Waals surface area contributed by atoms with Crippen LogP contribution in [0.1, 0.15) is 57.4 Å². The third-order valence-corrected chi connectivity index (χ3v) is 5.82. The number of hydrogen-bond donors (Lipinski definition) is 1. The minimum Gasteiger partial charge on any atom is -0.466 e. The van der Waals surface area contributed by atoms with E-state index in [-0.39, 0.29) is 16.8 Å². The molecular formula is C19H28N2O4S. The number of ether oxygens (including phenoxy) is 1. The summed E-state index contributed by atoms with van der Waals surface area (Å²) >= 11 is 0. The summed E-state index contributed by atoms with van der Waals surface area (Å²) in [5.74, 6) is -0.0422. The Morgan fingerprint density at radius 2 is 1.96 bits per heavy atom. The first-order chi connectivity index (χ1) is 12.4. The Bertz CT molecular complexity index is 726. The lowest BCUT2D eigenvalue weighted by molar-refractivity contribution is -0.141. The lowest BCUT2D eigenvalue weighted by atomic mass is 9.93. The molecule has 0 spiro atoms. The molecule has 144 valence electrons. The highest BCUT2D eigenvalue weighted by Gasteiger charge is 2.20. The normalized spacial score (nSPS) is 19.8. The third kappa shape index (κ3) is 6.44. The smallest absolute Gasteiger partial charge is 0.302 e. The van der Waals surface area contributed by atoms with Gasteiger partial charge in [0.25, 0.3) is 10.0 Å². The number of nitrogens with one attached hydrogen (secondary N) is 1. The Labute approximate surface area is 156 Å². The molecule has 26 heavy (non-hydrogen) atoms. The first kappa shape index (κ1) is 20.4. The van der Waals surface area contributed by atoms with Crippen LogP contribution in [0.15, 0.2) is 34.3 Å². The average Bonchev–Trinajstić information content (AvgIpc) is 2.82. The lowest BCUT2D eigenvalue weighted by Crippen LogP contribution is -2.23. The molecule has 0 heterocycles. The molecule has 1 aromatic rings. The zero-order chi connectivity index (χ0) is 19.0. The van der Waals surface area contributed by atoms with Crippen molar-refractivity contribution in [3.05, 3.63) is 29.8 Å². The molecule has 0 aromatic heterocycles. The van der Waals surface area contributed by atoms with Gasteiger partial charge in [0, 0.05) is 12.6 Å². The number of carbonyl (C=O) groups is 1. The summed E-state index contributed by atoms with van der Waals surface area (Å²) < 4.78 is 29.9. The molecule has 1 atom stereocenters. The molecule has 0 amide bonds. The SMILES string of the molecule is CC(=O)OCCCC1CCCCC/C1=N/NS(=O)(=O)c1ccc(C)cc1. The number of nitrogens with zero attached hydrogens (tertiary/aromatic N) is 1. The van der Waals surface area contributed by atoms with Crippen molar-refractivity contribution in [2.45, 2.75) is 63.7 Å². The van der Waals surface area contributed by atoms with E-state index in [1.165, 1.54) is 6.92 Å². The molecule has 6 nitrogen and oxygen atoms in total. The number of hydrazone groups is 1. The monoisotopic (exact) mass is 380 g/mol. The van der Waals surface area contributed by atoms with Crippen LogP contribution in [0.3, 0.4) is 0 Å². The fraction of sp³-hybridized carbons (Fsp3) is 0.579. The largest absolute Gasteiger partial charge is 0.466 e. The van der Waals surface area contributed by atoms with Gasteiger partial charge in [-0.05, 0) is 57.1 Å². The van der Waals surface area contributed by atoms with Crippen molar-refractivity contribution in [2.24, 2.45) is 11.0 Å². The Morgan fingerprint density at radius 1 is 1.23 bits per heavy atom. The Hall–Kier alpha value is -1.89. The maximum absolute atomic E-state index is 12.4. The van der Waals surface area contributed by atoms with Crippen LogP contribution in [-0.4, -0.2) is 26.7 Å². The van der Waals surface area contributed by atoms with Crippen LogP contribution in [0.5, 0.6) is 0 Å². The van der Waals surface area contributed by atoms with Gasteiger partial charge >= 0.3 is 5.97 Å². The van der Waals surface area contributed by atoms with Crippen LogP contribution in [0.4, 0.5) is 0 Å². The van der Waals surface area contributed by atoms with Gasteiger partial charge in [0.2, 0.25) is 0 Å². The van der Waals surface area contributed by atoms with Crippen molar-refractivity contribution >= 4 is 21.7 Å². The van der Waals surface area contributed by atoms with Gasteiger partial charge in [0.05, 0.1) is 11.5 Å². The quantitative estimate of drug-likeness (QED) is 0.339. The second kappa shape index (κ2) is 9.71. The maximum atomic E-state index is 12.4. The fourth-order valence-electron chi connectivity index (χ4n) is 3.14. The van der Waals surface area contributed by atoms with E-state index >= 15 is 0 Å². The molecule has 0 radical (unpaired) electrons. The van der Waals surface area contributed by atoms with Crippen molar-refractivity contribution in [1.29, 1.82) is 0 Å². The van der Waals surface area contributed by atoms with Crippen LogP contribution in [0.25, 0.3) is 0 Å². The van der Waals surface area contributed by atoms with Crippen molar-refractivity contribution in [1.82, 2.24) is 4.83 Å². The van der Waals surface area contributed by atoms with E-state index in [2.05, 4.69) is 9.93 Å². The zero-order valence-electron chi connectivity index (χ0n) is 15.5. The molecular weight excluding hydrogens is 352 g/mol. The van der Waals surface area contributed by atoms with E-state index in [0.29, 0.717) is 6.61 Å². The average molecular weight is 381 g/mol. The second-order valence-electron chi connectivity index (χ2n) is 6.79. The summed E-state index contributed by atoms with van der Waals surface area (Å²) in [5.41, 5.74) is 1.91. The summed E-state index contributed by atoms with van der Waals surface area (Å²) in [4.78, 5) is 13.5. The van der Waals surface area contributed by atoms with E-state index < -0.39 is 10.0 Å². The Balaban J connectivity index is 2.03. The van der Waals surface area contributed by atoms with Gasteiger partial charge in [-0.25, -0.2) is 4.83 Å². The lowest BCUT2D eigenvalue weighted by Gasteiger charge is -2.17. The molecule has 0 bridgehead atoms. The van der Waals surface area contributed by atoms with Gasteiger partial charge in [-0.1, -0.05) is 30.5 Å². The van der Waals surface area contributed by atoms with E-state index in [4.69, 9.17) is 4.74 Å². The van der Waals surface area contributed by atoms with E-state index in [1.807, 2.05) is 6.92 Å². The molecule has 7 heteroatoms. The van der Waals surface area contributed by atoms with Crippen molar-refractivity contribution in [2.75, 3.05) is 6.61 Å². The predicted octanol–water partition coefficient (Wildman–Crippen LogP) is 3.55. The summed E-state index contributed by atoms with van der Waals surface area (Å²) in [6.45, 7) is 3.71. The molecule has 2 rings (SSSR count). The molecule has 1 N–H and O–H groups in total. The molecule has 0 aliphatic heterocycles. The summed E-state index contributed by atoms with van der Waals surface area (Å²) in [6.07, 6.45) is 6.66. The molecule has 1 unspecified atom stereocenters. The highest BCUT2D eigenvalue weighted by molar-refractivity contribution is 7.89. The number of esters is 1. The summed E-state index contributed by atoms with van der Waals surface area (Å²) in [7, 11) is -3.66. The highest BCUT2D eigenvalue weighted by Crippen LogP contribution is 2.25. The van der Waals surface area contributed by atoms with E-state index in [1.54, 1.807) is 24.3 Å². The van der Waals surface area contributed by atoms with Crippen LogP contribution in [0, 0.1) is 12.8 Å². The van der Waals surface area contributed by atoms with Crippen LogP contribution in [-0.2, 0) is 19.6 Å². The highest BCUT2D eigenvalue weighted by atomic mass is 32.2. The van der Waals surface area contributed by atoms with Crippen LogP contribution in [0.2, 0.25) is 0 Å². The number of hydrogen-bond acceptors (Lipinski definition) is 5.